The van der Waals surface area contributed by atoms with Crippen molar-refractivity contribution in [3.05, 3.63) is 72.8 Å². The van der Waals surface area contributed by atoms with Crippen LogP contribution in [-0.2, 0) is 11.8 Å². The van der Waals surface area contributed by atoms with Crippen molar-refractivity contribution >= 4 is 33.4 Å². The molecule has 5 rings (SSSR count). The fourth-order valence-electron chi connectivity index (χ4n) is 3.75. The average molecular weight is 456 g/mol. The minimum atomic E-state index is 0.479. The minimum absolute atomic E-state index is 0.479. The summed E-state index contributed by atoms with van der Waals surface area (Å²) < 4.78 is 18.9. The van der Waals surface area contributed by atoms with E-state index in [0.717, 1.165) is 50.4 Å². The number of nitrogens with one attached hydrogen (secondary N) is 1. The monoisotopic (exact) mass is 455 g/mol. The molecule has 1 N–H and O–H groups in total. The highest BCUT2D eigenvalue weighted by Gasteiger charge is 2.09. The second kappa shape index (κ2) is 9.36. The van der Waals surface area contributed by atoms with Crippen LogP contribution in [0.1, 0.15) is 5.56 Å². The van der Waals surface area contributed by atoms with Gasteiger partial charge in [-0.25, -0.2) is 15.0 Å². The normalized spacial score (nSPS) is 11.1. The van der Waals surface area contributed by atoms with Crippen LogP contribution in [-0.4, -0.2) is 39.8 Å². The highest BCUT2D eigenvalue weighted by molar-refractivity contribution is 5.91. The molecule has 0 aliphatic rings. The summed E-state index contributed by atoms with van der Waals surface area (Å²) in [6, 6.07) is 17.6. The van der Waals surface area contributed by atoms with Crippen molar-refractivity contribution in [2.75, 3.05) is 25.6 Å². The number of rotatable bonds is 8. The largest absolute Gasteiger partial charge is 0.491 e. The van der Waals surface area contributed by atoms with E-state index >= 15 is 0 Å². The first-order valence-electron chi connectivity index (χ1n) is 10.9. The van der Waals surface area contributed by atoms with Crippen LogP contribution in [0.15, 0.2) is 67.3 Å². The second-order valence-electron chi connectivity index (χ2n) is 7.96. The Balaban J connectivity index is 1.36. The first-order valence-corrected chi connectivity index (χ1v) is 10.9. The van der Waals surface area contributed by atoms with E-state index in [-0.39, 0.29) is 0 Å². The zero-order valence-corrected chi connectivity index (χ0v) is 19.3. The van der Waals surface area contributed by atoms with Crippen LogP contribution in [0.4, 0.5) is 11.5 Å². The summed E-state index contributed by atoms with van der Waals surface area (Å²) in [5, 5.41) is 4.27. The van der Waals surface area contributed by atoms with E-state index < -0.39 is 0 Å². The molecule has 0 atom stereocenters. The number of nitrogens with zero attached hydrogens (tertiary/aromatic N) is 4. The lowest BCUT2D eigenvalue weighted by atomic mass is 10.2. The first-order chi connectivity index (χ1) is 16.6. The zero-order valence-electron chi connectivity index (χ0n) is 19.3. The Morgan fingerprint density at radius 2 is 1.76 bits per heavy atom. The lowest BCUT2D eigenvalue weighted by molar-refractivity contribution is 0.146. The Bertz CT molecular complexity index is 1460. The van der Waals surface area contributed by atoms with Crippen molar-refractivity contribution in [2.24, 2.45) is 7.05 Å². The molecule has 0 saturated heterocycles. The van der Waals surface area contributed by atoms with Crippen molar-refractivity contribution in [3.63, 3.8) is 0 Å². The number of benzene rings is 3. The van der Waals surface area contributed by atoms with Crippen molar-refractivity contribution in [3.8, 4) is 17.2 Å². The maximum Gasteiger partial charge on any atom is 0.141 e. The maximum absolute atomic E-state index is 6.14. The number of ether oxygens (including phenoxy) is 3. The summed E-state index contributed by atoms with van der Waals surface area (Å²) in [6.07, 6.45) is 3.35. The van der Waals surface area contributed by atoms with E-state index in [1.165, 1.54) is 0 Å². The SMILES string of the molecule is COCCOc1ccc2ncnc(Nc3ccc(Oc4ccc5c(c4)ncn5C)c(C)c3)c2c1. The summed E-state index contributed by atoms with van der Waals surface area (Å²) >= 11 is 0. The highest BCUT2D eigenvalue weighted by Crippen LogP contribution is 2.31. The van der Waals surface area contributed by atoms with Crippen LogP contribution in [0.5, 0.6) is 17.2 Å². The van der Waals surface area contributed by atoms with Gasteiger partial charge in [0, 0.05) is 31.3 Å². The molecule has 172 valence electrons. The average Bonchev–Trinajstić information content (AvgIpc) is 3.21. The van der Waals surface area contributed by atoms with Gasteiger partial charge in [-0.3, -0.25) is 0 Å². The molecule has 2 aromatic heterocycles. The fourth-order valence-corrected chi connectivity index (χ4v) is 3.75. The summed E-state index contributed by atoms with van der Waals surface area (Å²) in [4.78, 5) is 13.2. The minimum Gasteiger partial charge on any atom is -0.491 e. The summed E-state index contributed by atoms with van der Waals surface area (Å²) in [5.41, 5.74) is 4.69. The second-order valence-corrected chi connectivity index (χ2v) is 7.96. The van der Waals surface area contributed by atoms with Gasteiger partial charge < -0.3 is 24.1 Å². The smallest absolute Gasteiger partial charge is 0.141 e. The molecule has 3 aromatic carbocycles. The predicted octanol–water partition coefficient (Wildman–Crippen LogP) is 5.39. The van der Waals surface area contributed by atoms with Crippen LogP contribution in [0.25, 0.3) is 21.9 Å². The predicted molar refractivity (Wildman–Crippen MR) is 132 cm³/mol. The Kier molecular flexibility index (Phi) is 5.97. The molecule has 0 amide bonds. The molecule has 5 aromatic rings. The molecular weight excluding hydrogens is 430 g/mol. The van der Waals surface area contributed by atoms with E-state index in [1.54, 1.807) is 19.8 Å². The van der Waals surface area contributed by atoms with E-state index in [1.807, 2.05) is 73.1 Å². The molecule has 8 heteroatoms. The van der Waals surface area contributed by atoms with Crippen molar-refractivity contribution in [1.29, 1.82) is 0 Å². The van der Waals surface area contributed by atoms with E-state index in [2.05, 4.69) is 20.3 Å². The summed E-state index contributed by atoms with van der Waals surface area (Å²) in [5.74, 6) is 2.98. The number of aromatic nitrogens is 4. The number of fused-ring (bicyclic) bond motifs is 2. The molecule has 0 unspecified atom stereocenters. The third-order valence-corrected chi connectivity index (χ3v) is 5.53. The number of methoxy groups -OCH3 is 1. The fraction of sp³-hybridized carbons (Fsp3) is 0.192. The third-order valence-electron chi connectivity index (χ3n) is 5.53. The third kappa shape index (κ3) is 4.49. The van der Waals surface area contributed by atoms with Crippen LogP contribution >= 0.6 is 0 Å². The Hall–Kier alpha value is -4.17. The van der Waals surface area contributed by atoms with E-state index in [4.69, 9.17) is 14.2 Å². The molecule has 0 saturated carbocycles. The van der Waals surface area contributed by atoms with Crippen LogP contribution in [0.3, 0.4) is 0 Å². The number of anilines is 2. The van der Waals surface area contributed by atoms with Crippen molar-refractivity contribution < 1.29 is 14.2 Å². The summed E-state index contributed by atoms with van der Waals surface area (Å²) in [6.45, 7) is 3.02. The van der Waals surface area contributed by atoms with Crippen molar-refractivity contribution in [1.82, 2.24) is 19.5 Å². The quantitative estimate of drug-likeness (QED) is 0.314. The van der Waals surface area contributed by atoms with Gasteiger partial charge in [-0.15, -0.1) is 0 Å². The van der Waals surface area contributed by atoms with Gasteiger partial charge in [-0.2, -0.15) is 0 Å². The maximum atomic E-state index is 6.14. The molecule has 0 spiro atoms. The number of imidazole rings is 1. The van der Waals surface area contributed by atoms with Gasteiger partial charge in [-0.1, -0.05) is 0 Å². The molecule has 0 aliphatic carbocycles. The van der Waals surface area contributed by atoms with Gasteiger partial charge in [0.15, 0.2) is 0 Å². The Morgan fingerprint density at radius 1 is 0.882 bits per heavy atom. The number of aryl methyl sites for hydroxylation is 2. The molecule has 8 nitrogen and oxygen atoms in total. The van der Waals surface area contributed by atoms with Gasteiger partial charge in [0.25, 0.3) is 0 Å². The number of hydrogen-bond donors (Lipinski definition) is 1. The molecule has 2 heterocycles. The summed E-state index contributed by atoms with van der Waals surface area (Å²) in [7, 11) is 3.62. The van der Waals surface area contributed by atoms with Crippen LogP contribution < -0.4 is 14.8 Å². The first kappa shape index (κ1) is 21.7. The van der Waals surface area contributed by atoms with E-state index in [9.17, 15) is 0 Å². The van der Waals surface area contributed by atoms with Crippen LogP contribution in [0.2, 0.25) is 0 Å². The van der Waals surface area contributed by atoms with Crippen molar-refractivity contribution in [2.45, 2.75) is 6.92 Å². The zero-order chi connectivity index (χ0) is 23.5. The van der Waals surface area contributed by atoms with E-state index in [0.29, 0.717) is 19.0 Å². The lowest BCUT2D eigenvalue weighted by Gasteiger charge is -2.13. The standard InChI is InChI=1S/C26H25N5O3/c1-17-12-18(4-9-25(17)34-20-6-8-24-23(14-20)29-16-31(24)2)30-26-21-13-19(33-11-10-32-3)5-7-22(21)27-15-28-26/h4-9,12-16H,10-11H2,1-3H3,(H,27,28,30). The highest BCUT2D eigenvalue weighted by atomic mass is 16.5. The van der Waals surface area contributed by atoms with Gasteiger partial charge >= 0.3 is 0 Å². The van der Waals surface area contributed by atoms with Gasteiger partial charge in [0.1, 0.15) is 36.0 Å². The molecular formula is C26H25N5O3. The Morgan fingerprint density at radius 3 is 2.62 bits per heavy atom. The molecule has 0 radical (unpaired) electrons. The Labute approximate surface area is 197 Å². The van der Waals surface area contributed by atoms with Gasteiger partial charge in [0.2, 0.25) is 0 Å². The molecule has 0 bridgehead atoms. The topological polar surface area (TPSA) is 83.3 Å². The van der Waals surface area contributed by atoms with Gasteiger partial charge in [-0.05, 0) is 61.0 Å². The lowest BCUT2D eigenvalue weighted by Crippen LogP contribution is -2.04. The molecule has 0 aliphatic heterocycles. The van der Waals surface area contributed by atoms with Gasteiger partial charge in [0.05, 0.1) is 29.5 Å². The number of hydrogen-bond acceptors (Lipinski definition) is 7. The molecule has 34 heavy (non-hydrogen) atoms. The molecule has 0 fully saturated rings. The van der Waals surface area contributed by atoms with Crippen LogP contribution in [0, 0.1) is 6.92 Å².